The van der Waals surface area contributed by atoms with Crippen LogP contribution in [-0.4, -0.2) is 17.1 Å². The van der Waals surface area contributed by atoms with Gasteiger partial charge in [-0.2, -0.15) is 0 Å². The quantitative estimate of drug-likeness (QED) is 0.413. The lowest BCUT2D eigenvalue weighted by Gasteiger charge is -2.19. The third kappa shape index (κ3) is 3.52. The summed E-state index contributed by atoms with van der Waals surface area (Å²) in [5.41, 5.74) is -0.941. The van der Waals surface area contributed by atoms with Crippen LogP contribution in [0.5, 0.6) is 0 Å². The Morgan fingerprint density at radius 3 is 2.50 bits per heavy atom. The average molecular weight is 424 g/mol. The van der Waals surface area contributed by atoms with E-state index in [1.165, 1.54) is 4.57 Å². The SMILES string of the molecule is CCOC(=O)c1c(Sc2ccccc2)n(CC)c2c(Cl)c(F)c(F)cc2c1=O. The molecule has 3 aromatic rings. The lowest BCUT2D eigenvalue weighted by molar-refractivity contribution is 0.0519. The van der Waals surface area contributed by atoms with Crippen LogP contribution < -0.4 is 5.43 Å². The van der Waals surface area contributed by atoms with Crippen molar-refractivity contribution in [2.75, 3.05) is 6.61 Å². The zero-order valence-electron chi connectivity index (χ0n) is 15.1. The van der Waals surface area contributed by atoms with Gasteiger partial charge in [0.25, 0.3) is 0 Å². The first-order valence-corrected chi connectivity index (χ1v) is 9.74. The Morgan fingerprint density at radius 2 is 1.89 bits per heavy atom. The molecule has 0 aliphatic heterocycles. The molecule has 0 aliphatic carbocycles. The molecule has 0 fully saturated rings. The Hall–Kier alpha value is -2.38. The van der Waals surface area contributed by atoms with Crippen molar-refractivity contribution in [1.82, 2.24) is 4.57 Å². The first-order chi connectivity index (χ1) is 13.4. The normalized spacial score (nSPS) is 11.0. The molecule has 0 saturated heterocycles. The second kappa shape index (κ2) is 8.32. The summed E-state index contributed by atoms with van der Waals surface area (Å²) in [5, 5.41) is -0.414. The molecule has 0 aliphatic rings. The Morgan fingerprint density at radius 1 is 1.21 bits per heavy atom. The Bertz CT molecular complexity index is 1120. The van der Waals surface area contributed by atoms with Crippen molar-refractivity contribution in [3.63, 3.8) is 0 Å². The molecule has 8 heteroatoms. The number of carbonyl (C=O) groups is 1. The minimum atomic E-state index is -1.25. The number of aromatic nitrogens is 1. The maximum absolute atomic E-state index is 14.1. The van der Waals surface area contributed by atoms with E-state index in [-0.39, 0.29) is 34.6 Å². The van der Waals surface area contributed by atoms with E-state index in [1.807, 2.05) is 18.2 Å². The molecule has 2 aromatic carbocycles. The molecule has 0 atom stereocenters. The van der Waals surface area contributed by atoms with Gasteiger partial charge in [0.05, 0.1) is 22.5 Å². The predicted molar refractivity (Wildman–Crippen MR) is 105 cm³/mol. The maximum Gasteiger partial charge on any atom is 0.344 e. The molecule has 146 valence electrons. The molecule has 0 unspecified atom stereocenters. The molecule has 4 nitrogen and oxygen atoms in total. The van der Waals surface area contributed by atoms with Crippen molar-refractivity contribution in [2.24, 2.45) is 0 Å². The highest BCUT2D eigenvalue weighted by Crippen LogP contribution is 2.35. The number of fused-ring (bicyclic) bond motifs is 1. The molecule has 3 rings (SSSR count). The van der Waals surface area contributed by atoms with E-state index in [0.29, 0.717) is 0 Å². The molecule has 0 N–H and O–H groups in total. The van der Waals surface area contributed by atoms with Gasteiger partial charge in [0, 0.05) is 11.4 Å². The third-order valence-corrected chi connectivity index (χ3v) is 5.56. The Labute approximate surface area is 169 Å². The van der Waals surface area contributed by atoms with Crippen molar-refractivity contribution < 1.29 is 18.3 Å². The molecular formula is C20H16ClF2NO3S. The van der Waals surface area contributed by atoms with Crippen LogP contribution in [0.2, 0.25) is 5.02 Å². The summed E-state index contributed by atoms with van der Waals surface area (Å²) < 4.78 is 34.6. The maximum atomic E-state index is 14.1. The van der Waals surface area contributed by atoms with Gasteiger partial charge in [0.1, 0.15) is 10.6 Å². The Balaban J connectivity index is 2.44. The van der Waals surface area contributed by atoms with Gasteiger partial charge < -0.3 is 9.30 Å². The molecule has 0 spiro atoms. The van der Waals surface area contributed by atoms with Crippen LogP contribution in [0.15, 0.2) is 51.1 Å². The van der Waals surface area contributed by atoms with Crippen molar-refractivity contribution >= 4 is 40.2 Å². The van der Waals surface area contributed by atoms with E-state index >= 15 is 0 Å². The van der Waals surface area contributed by atoms with Gasteiger partial charge in [0.15, 0.2) is 11.6 Å². The molecular weight excluding hydrogens is 408 g/mol. The number of esters is 1. The van der Waals surface area contributed by atoms with Crippen LogP contribution in [0.25, 0.3) is 10.9 Å². The predicted octanol–water partition coefficient (Wildman–Crippen LogP) is 5.28. The van der Waals surface area contributed by atoms with E-state index in [9.17, 15) is 18.4 Å². The van der Waals surface area contributed by atoms with Gasteiger partial charge in [-0.05, 0) is 32.0 Å². The topological polar surface area (TPSA) is 48.3 Å². The van der Waals surface area contributed by atoms with E-state index in [1.54, 1.807) is 26.0 Å². The van der Waals surface area contributed by atoms with Crippen molar-refractivity contribution in [1.29, 1.82) is 0 Å². The highest BCUT2D eigenvalue weighted by Gasteiger charge is 2.27. The van der Waals surface area contributed by atoms with Gasteiger partial charge in [-0.25, -0.2) is 13.6 Å². The standard InChI is InChI=1S/C20H16ClF2NO3S/c1-3-24-17-12(10-13(22)16(23)15(17)21)18(25)14(20(26)27-4-2)19(24)28-11-8-6-5-7-9-11/h5-10H,3-4H2,1-2H3. The van der Waals surface area contributed by atoms with E-state index in [0.717, 1.165) is 22.7 Å². The van der Waals surface area contributed by atoms with Crippen molar-refractivity contribution in [3.8, 4) is 0 Å². The highest BCUT2D eigenvalue weighted by molar-refractivity contribution is 7.99. The number of carbonyl (C=O) groups excluding carboxylic acids is 1. The molecule has 28 heavy (non-hydrogen) atoms. The van der Waals surface area contributed by atoms with Gasteiger partial charge in [0.2, 0.25) is 5.43 Å². The zero-order valence-corrected chi connectivity index (χ0v) is 16.7. The lowest BCUT2D eigenvalue weighted by atomic mass is 10.1. The van der Waals surface area contributed by atoms with Gasteiger partial charge >= 0.3 is 5.97 Å². The van der Waals surface area contributed by atoms with Crippen molar-refractivity contribution in [3.05, 3.63) is 68.8 Å². The summed E-state index contributed by atoms with van der Waals surface area (Å²) >= 11 is 7.21. The van der Waals surface area contributed by atoms with Gasteiger partial charge in [-0.15, -0.1) is 0 Å². The number of rotatable bonds is 5. The smallest absolute Gasteiger partial charge is 0.344 e. The van der Waals surface area contributed by atoms with E-state index in [2.05, 4.69) is 0 Å². The fourth-order valence-electron chi connectivity index (χ4n) is 2.88. The van der Waals surface area contributed by atoms with Crippen LogP contribution in [0.1, 0.15) is 24.2 Å². The van der Waals surface area contributed by atoms with E-state index in [4.69, 9.17) is 16.3 Å². The largest absolute Gasteiger partial charge is 0.462 e. The number of hydrogen-bond acceptors (Lipinski definition) is 4. The van der Waals surface area contributed by atoms with E-state index < -0.39 is 28.1 Å². The number of ether oxygens (including phenoxy) is 1. The fourth-order valence-corrected chi connectivity index (χ4v) is 4.30. The lowest BCUT2D eigenvalue weighted by Crippen LogP contribution is -2.24. The fraction of sp³-hybridized carbons (Fsp3) is 0.200. The molecule has 1 heterocycles. The second-order valence-corrected chi connectivity index (χ2v) is 7.21. The summed E-state index contributed by atoms with van der Waals surface area (Å²) in [6.07, 6.45) is 0. The third-order valence-electron chi connectivity index (χ3n) is 4.09. The molecule has 0 bridgehead atoms. The van der Waals surface area contributed by atoms with Crippen LogP contribution in [0, 0.1) is 11.6 Å². The number of pyridine rings is 1. The molecule has 1 aromatic heterocycles. The van der Waals surface area contributed by atoms with Crippen LogP contribution >= 0.6 is 23.4 Å². The van der Waals surface area contributed by atoms with Crippen molar-refractivity contribution in [2.45, 2.75) is 30.3 Å². The summed E-state index contributed by atoms with van der Waals surface area (Å²) in [6, 6.07) is 9.83. The van der Waals surface area contributed by atoms with Crippen LogP contribution in [0.3, 0.4) is 0 Å². The van der Waals surface area contributed by atoms with Gasteiger partial charge in [-0.3, -0.25) is 4.79 Å². The number of aryl methyl sites for hydroxylation is 1. The summed E-state index contributed by atoms with van der Waals surface area (Å²) in [4.78, 5) is 26.4. The number of nitrogens with zero attached hydrogens (tertiary/aromatic N) is 1. The highest BCUT2D eigenvalue weighted by atomic mass is 35.5. The van der Waals surface area contributed by atoms with Crippen LogP contribution in [-0.2, 0) is 11.3 Å². The number of benzene rings is 2. The minimum absolute atomic E-state index is 0.0412. The second-order valence-electron chi connectivity index (χ2n) is 5.77. The average Bonchev–Trinajstić information content (AvgIpc) is 2.68. The molecule has 0 saturated carbocycles. The summed E-state index contributed by atoms with van der Waals surface area (Å²) in [7, 11) is 0. The molecule has 0 amide bonds. The zero-order chi connectivity index (χ0) is 20.4. The van der Waals surface area contributed by atoms with Gasteiger partial charge in [-0.1, -0.05) is 41.6 Å². The first-order valence-electron chi connectivity index (χ1n) is 8.54. The Kier molecular flexibility index (Phi) is 6.05. The monoisotopic (exact) mass is 423 g/mol. The first kappa shape index (κ1) is 20.4. The number of hydrogen-bond donors (Lipinski definition) is 0. The minimum Gasteiger partial charge on any atom is -0.462 e. The molecule has 0 radical (unpaired) electrons. The summed E-state index contributed by atoms with van der Waals surface area (Å²) in [5.74, 6) is -3.32. The summed E-state index contributed by atoms with van der Waals surface area (Å²) in [6.45, 7) is 3.71. The number of halogens is 3. The van der Waals surface area contributed by atoms with Crippen LogP contribution in [0.4, 0.5) is 8.78 Å².